The van der Waals surface area contributed by atoms with E-state index in [1.165, 1.54) is 18.3 Å². The van der Waals surface area contributed by atoms with E-state index in [-0.39, 0.29) is 5.69 Å². The van der Waals surface area contributed by atoms with Gasteiger partial charge in [0.2, 0.25) is 0 Å². The first kappa shape index (κ1) is 13.5. The van der Waals surface area contributed by atoms with Gasteiger partial charge in [-0.2, -0.15) is 0 Å². The van der Waals surface area contributed by atoms with Crippen LogP contribution in [0.25, 0.3) is 0 Å². The summed E-state index contributed by atoms with van der Waals surface area (Å²) in [5, 5.41) is 9.94. The third-order valence-corrected chi connectivity index (χ3v) is 2.97. The van der Waals surface area contributed by atoms with Gasteiger partial charge in [0.25, 0.3) is 0 Å². The van der Waals surface area contributed by atoms with E-state index in [2.05, 4.69) is 4.98 Å². The summed E-state index contributed by atoms with van der Waals surface area (Å²) in [6.45, 7) is 0. The summed E-state index contributed by atoms with van der Waals surface area (Å²) >= 11 is 0. The lowest BCUT2D eigenvalue weighted by Crippen LogP contribution is -2.04. The monoisotopic (exact) mass is 261 g/mol. The zero-order chi connectivity index (χ0) is 13.7. The highest BCUT2D eigenvalue weighted by atomic mass is 19.1. The third kappa shape index (κ3) is 3.51. The molecule has 100 valence electrons. The minimum atomic E-state index is -0.886. The predicted octanol–water partition coefficient (Wildman–Crippen LogP) is 2.90. The van der Waals surface area contributed by atoms with Crippen LogP contribution in [0.1, 0.15) is 23.8 Å². The van der Waals surface area contributed by atoms with Crippen molar-refractivity contribution in [2.24, 2.45) is 0 Å². The number of benzene rings is 1. The number of aromatic nitrogens is 1. The summed E-state index contributed by atoms with van der Waals surface area (Å²) in [6.07, 6.45) is 1.68. The molecule has 0 fully saturated rings. The Labute approximate surface area is 111 Å². The number of aliphatic hydroxyl groups is 1. The Balaban J connectivity index is 1.96. The Hall–Kier alpha value is -1.94. The van der Waals surface area contributed by atoms with E-state index in [0.717, 1.165) is 11.3 Å². The fourth-order valence-electron chi connectivity index (χ4n) is 1.88. The van der Waals surface area contributed by atoms with Crippen molar-refractivity contribution in [1.29, 1.82) is 0 Å². The standard InChI is InChI=1S/C15H16FNO2/c1-19-12-7-4-11(5-8-12)6-9-14(18)15-13(16)3-2-10-17-15/h2-5,7-8,10,14,18H,6,9H2,1H3. The van der Waals surface area contributed by atoms with Crippen LogP contribution in [-0.4, -0.2) is 17.2 Å². The Morgan fingerprint density at radius 3 is 2.63 bits per heavy atom. The zero-order valence-corrected chi connectivity index (χ0v) is 10.7. The van der Waals surface area contributed by atoms with Gasteiger partial charge in [-0.15, -0.1) is 0 Å². The maximum absolute atomic E-state index is 13.4. The maximum atomic E-state index is 13.4. The Morgan fingerprint density at radius 1 is 1.26 bits per heavy atom. The van der Waals surface area contributed by atoms with Gasteiger partial charge in [0.05, 0.1) is 13.2 Å². The van der Waals surface area contributed by atoms with Crippen LogP contribution in [0.4, 0.5) is 4.39 Å². The molecule has 19 heavy (non-hydrogen) atoms. The summed E-state index contributed by atoms with van der Waals surface area (Å²) in [6, 6.07) is 10.4. The van der Waals surface area contributed by atoms with Gasteiger partial charge in [-0.05, 0) is 42.7 Å². The number of aliphatic hydroxyl groups excluding tert-OH is 1. The normalized spacial score (nSPS) is 12.2. The largest absolute Gasteiger partial charge is 0.497 e. The van der Waals surface area contributed by atoms with Crippen LogP contribution in [0, 0.1) is 5.82 Å². The number of halogens is 1. The van der Waals surface area contributed by atoms with Crippen LogP contribution in [0.2, 0.25) is 0 Å². The van der Waals surface area contributed by atoms with Crippen molar-refractivity contribution in [2.75, 3.05) is 7.11 Å². The van der Waals surface area contributed by atoms with E-state index in [9.17, 15) is 9.50 Å². The van der Waals surface area contributed by atoms with Crippen LogP contribution in [0.3, 0.4) is 0 Å². The van der Waals surface area contributed by atoms with Gasteiger partial charge in [-0.1, -0.05) is 12.1 Å². The van der Waals surface area contributed by atoms with E-state index in [1.54, 1.807) is 7.11 Å². The molecule has 0 radical (unpaired) electrons. The highest BCUT2D eigenvalue weighted by molar-refractivity contribution is 5.27. The molecule has 2 aromatic rings. The fourth-order valence-corrected chi connectivity index (χ4v) is 1.88. The molecule has 0 amide bonds. The zero-order valence-electron chi connectivity index (χ0n) is 10.7. The average Bonchev–Trinajstić information content (AvgIpc) is 2.46. The molecule has 3 nitrogen and oxygen atoms in total. The second kappa shape index (κ2) is 6.29. The fraction of sp³-hybridized carbons (Fsp3) is 0.267. The molecule has 1 aromatic heterocycles. The second-order valence-corrected chi connectivity index (χ2v) is 4.27. The first-order valence-corrected chi connectivity index (χ1v) is 6.12. The van der Waals surface area contributed by atoms with E-state index < -0.39 is 11.9 Å². The smallest absolute Gasteiger partial charge is 0.147 e. The highest BCUT2D eigenvalue weighted by Crippen LogP contribution is 2.20. The lowest BCUT2D eigenvalue weighted by molar-refractivity contribution is 0.158. The van der Waals surface area contributed by atoms with Crippen LogP contribution in [-0.2, 0) is 6.42 Å². The molecule has 1 atom stereocenters. The molecule has 0 saturated carbocycles. The molecule has 0 bridgehead atoms. The molecule has 1 N–H and O–H groups in total. The number of hydrogen-bond acceptors (Lipinski definition) is 3. The molecular weight excluding hydrogens is 245 g/mol. The number of methoxy groups -OCH3 is 1. The number of aryl methyl sites for hydroxylation is 1. The number of rotatable bonds is 5. The first-order valence-electron chi connectivity index (χ1n) is 6.12. The predicted molar refractivity (Wildman–Crippen MR) is 70.5 cm³/mol. The molecule has 1 aromatic carbocycles. The number of hydrogen-bond donors (Lipinski definition) is 1. The van der Waals surface area contributed by atoms with Crippen LogP contribution < -0.4 is 4.74 Å². The Kier molecular flexibility index (Phi) is 4.47. The molecule has 1 heterocycles. The van der Waals surface area contributed by atoms with Crippen molar-refractivity contribution < 1.29 is 14.2 Å². The summed E-state index contributed by atoms with van der Waals surface area (Å²) < 4.78 is 18.5. The topological polar surface area (TPSA) is 42.4 Å². The molecule has 4 heteroatoms. The van der Waals surface area contributed by atoms with Gasteiger partial charge in [0.15, 0.2) is 0 Å². The van der Waals surface area contributed by atoms with Gasteiger partial charge in [0, 0.05) is 6.20 Å². The summed E-state index contributed by atoms with van der Waals surface area (Å²) in [5.41, 5.74) is 1.17. The summed E-state index contributed by atoms with van der Waals surface area (Å²) in [7, 11) is 1.61. The summed E-state index contributed by atoms with van der Waals surface area (Å²) in [4.78, 5) is 3.87. The molecule has 2 rings (SSSR count). The molecule has 0 aliphatic rings. The molecular formula is C15H16FNO2. The lowest BCUT2D eigenvalue weighted by Gasteiger charge is -2.10. The number of pyridine rings is 1. The van der Waals surface area contributed by atoms with Gasteiger partial charge < -0.3 is 9.84 Å². The van der Waals surface area contributed by atoms with Gasteiger partial charge in [-0.3, -0.25) is 4.98 Å². The van der Waals surface area contributed by atoms with Crippen LogP contribution in [0.5, 0.6) is 5.75 Å². The average molecular weight is 261 g/mol. The molecule has 0 aliphatic heterocycles. The minimum Gasteiger partial charge on any atom is -0.497 e. The van der Waals surface area contributed by atoms with E-state index in [1.807, 2.05) is 24.3 Å². The van der Waals surface area contributed by atoms with E-state index >= 15 is 0 Å². The lowest BCUT2D eigenvalue weighted by atomic mass is 10.0. The van der Waals surface area contributed by atoms with E-state index in [4.69, 9.17) is 4.74 Å². The highest BCUT2D eigenvalue weighted by Gasteiger charge is 2.13. The van der Waals surface area contributed by atoms with Gasteiger partial charge in [-0.25, -0.2) is 4.39 Å². The van der Waals surface area contributed by atoms with Crippen molar-refractivity contribution in [3.8, 4) is 5.75 Å². The van der Waals surface area contributed by atoms with E-state index in [0.29, 0.717) is 12.8 Å². The molecule has 0 aliphatic carbocycles. The molecule has 0 saturated heterocycles. The van der Waals surface area contributed by atoms with Crippen LogP contribution >= 0.6 is 0 Å². The van der Waals surface area contributed by atoms with Crippen molar-refractivity contribution >= 4 is 0 Å². The minimum absolute atomic E-state index is 0.107. The first-order chi connectivity index (χ1) is 9.20. The van der Waals surface area contributed by atoms with Gasteiger partial charge in [0.1, 0.15) is 17.3 Å². The number of ether oxygens (including phenoxy) is 1. The molecule has 1 unspecified atom stereocenters. The van der Waals surface area contributed by atoms with Crippen molar-refractivity contribution in [3.63, 3.8) is 0 Å². The van der Waals surface area contributed by atoms with Gasteiger partial charge >= 0.3 is 0 Å². The van der Waals surface area contributed by atoms with Crippen molar-refractivity contribution in [1.82, 2.24) is 4.98 Å². The maximum Gasteiger partial charge on any atom is 0.147 e. The van der Waals surface area contributed by atoms with Crippen molar-refractivity contribution in [2.45, 2.75) is 18.9 Å². The Bertz CT molecular complexity index is 528. The summed E-state index contributed by atoms with van der Waals surface area (Å²) in [5.74, 6) is 0.324. The van der Waals surface area contributed by atoms with Crippen molar-refractivity contribution in [3.05, 3.63) is 59.7 Å². The van der Waals surface area contributed by atoms with Crippen LogP contribution in [0.15, 0.2) is 42.6 Å². The number of nitrogens with zero attached hydrogens (tertiary/aromatic N) is 1. The SMILES string of the molecule is COc1ccc(CCC(O)c2ncccc2F)cc1. The quantitative estimate of drug-likeness (QED) is 0.899. The second-order valence-electron chi connectivity index (χ2n) is 4.27. The molecule has 0 spiro atoms. The Morgan fingerprint density at radius 2 is 2.00 bits per heavy atom. The third-order valence-electron chi connectivity index (χ3n) is 2.97.